The fourth-order valence-corrected chi connectivity index (χ4v) is 2.85. The third-order valence-corrected chi connectivity index (χ3v) is 3.99. The van der Waals surface area contributed by atoms with Gasteiger partial charge in [0.05, 0.1) is 12.1 Å². The Hall–Kier alpha value is -1.62. The molecule has 2 aromatic carbocycles. The van der Waals surface area contributed by atoms with Crippen molar-refractivity contribution in [2.45, 2.75) is 12.1 Å². The quantitative estimate of drug-likeness (QED) is 0.799. The van der Waals surface area contributed by atoms with Crippen LogP contribution in [0, 0.1) is 5.82 Å². The van der Waals surface area contributed by atoms with Crippen LogP contribution in [0.5, 0.6) is 0 Å². The van der Waals surface area contributed by atoms with E-state index < -0.39 is 0 Å². The molecule has 2 aromatic rings. The molecule has 0 spiro atoms. The molecule has 3 rings (SSSR count). The van der Waals surface area contributed by atoms with Gasteiger partial charge in [-0.1, -0.05) is 29.8 Å². The van der Waals surface area contributed by atoms with Crippen molar-refractivity contribution in [2.75, 3.05) is 18.4 Å². The van der Waals surface area contributed by atoms with Crippen LogP contribution < -0.4 is 16.4 Å². The van der Waals surface area contributed by atoms with Gasteiger partial charge < -0.3 is 16.4 Å². The van der Waals surface area contributed by atoms with Gasteiger partial charge in [-0.05, 0) is 29.8 Å². The summed E-state index contributed by atoms with van der Waals surface area (Å²) >= 11 is 6.12. The van der Waals surface area contributed by atoms with E-state index in [1.165, 1.54) is 6.07 Å². The fraction of sp³-hybridized carbons (Fsp3) is 0.250. The highest BCUT2D eigenvalue weighted by Crippen LogP contribution is 2.33. The summed E-state index contributed by atoms with van der Waals surface area (Å²) in [5.74, 6) is -0.230. The summed E-state index contributed by atoms with van der Waals surface area (Å²) in [6.07, 6.45) is 0. The number of nitrogens with two attached hydrogens (primary N) is 1. The topological polar surface area (TPSA) is 50.1 Å². The van der Waals surface area contributed by atoms with Crippen molar-refractivity contribution in [1.29, 1.82) is 0 Å². The van der Waals surface area contributed by atoms with Crippen molar-refractivity contribution >= 4 is 17.3 Å². The Morgan fingerprint density at radius 2 is 2.00 bits per heavy atom. The first kappa shape index (κ1) is 14.3. The van der Waals surface area contributed by atoms with Crippen molar-refractivity contribution in [2.24, 2.45) is 5.73 Å². The van der Waals surface area contributed by atoms with Gasteiger partial charge in [-0.3, -0.25) is 0 Å². The third kappa shape index (κ3) is 2.88. The van der Waals surface area contributed by atoms with Gasteiger partial charge in [0, 0.05) is 29.4 Å². The van der Waals surface area contributed by atoms with Crippen molar-refractivity contribution in [3.05, 3.63) is 64.4 Å². The summed E-state index contributed by atoms with van der Waals surface area (Å²) in [5.41, 5.74) is 8.25. The Balaban J connectivity index is 2.10. The number of benzene rings is 2. The minimum Gasteiger partial charge on any atom is -0.379 e. The highest BCUT2D eigenvalue weighted by Gasteiger charge is 2.25. The average Bonchev–Trinajstić information content (AvgIpc) is 2.67. The first-order valence-electron chi connectivity index (χ1n) is 6.93. The first-order valence-corrected chi connectivity index (χ1v) is 7.30. The predicted octanol–water partition coefficient (Wildman–Crippen LogP) is 2.91. The van der Waals surface area contributed by atoms with Crippen LogP contribution in [0.2, 0.25) is 5.02 Å². The second kappa shape index (κ2) is 6.02. The highest BCUT2D eigenvalue weighted by atomic mass is 35.5. The van der Waals surface area contributed by atoms with E-state index in [-0.39, 0.29) is 17.9 Å². The van der Waals surface area contributed by atoms with Gasteiger partial charge in [0.15, 0.2) is 0 Å². The number of hydrogen-bond acceptors (Lipinski definition) is 3. The second-order valence-corrected chi connectivity index (χ2v) is 5.61. The molecule has 0 saturated heterocycles. The molecule has 1 aliphatic heterocycles. The molecular formula is C16H17ClFN3. The molecule has 0 fully saturated rings. The lowest BCUT2D eigenvalue weighted by atomic mass is 9.97. The average molecular weight is 306 g/mol. The second-order valence-electron chi connectivity index (χ2n) is 5.17. The molecular weight excluding hydrogens is 289 g/mol. The molecule has 0 bridgehead atoms. The van der Waals surface area contributed by atoms with Crippen LogP contribution in [0.1, 0.15) is 17.2 Å². The van der Waals surface area contributed by atoms with Gasteiger partial charge in [-0.2, -0.15) is 0 Å². The maximum Gasteiger partial charge on any atom is 0.128 e. The van der Waals surface area contributed by atoms with E-state index in [0.717, 1.165) is 11.3 Å². The molecule has 4 N–H and O–H groups in total. The first-order chi connectivity index (χ1) is 10.2. The normalized spacial score (nSPS) is 21.3. The number of fused-ring (bicyclic) bond motifs is 1. The molecule has 2 atom stereocenters. The summed E-state index contributed by atoms with van der Waals surface area (Å²) in [4.78, 5) is 0. The molecule has 110 valence electrons. The smallest absolute Gasteiger partial charge is 0.128 e. The van der Waals surface area contributed by atoms with Crippen molar-refractivity contribution in [3.8, 4) is 0 Å². The van der Waals surface area contributed by atoms with Crippen LogP contribution in [0.4, 0.5) is 10.1 Å². The lowest BCUT2D eigenvalue weighted by molar-refractivity contribution is 0.538. The zero-order valence-electron chi connectivity index (χ0n) is 11.4. The fourth-order valence-electron chi connectivity index (χ4n) is 2.67. The standard InChI is InChI=1S/C16H17ClFN3/c17-10-5-6-15-13(7-10)16(20-9-11(8-19)21-15)12-3-1-2-4-14(12)18/h1-7,11,16,20-21H,8-9,19H2. The Morgan fingerprint density at radius 3 is 2.76 bits per heavy atom. The summed E-state index contributed by atoms with van der Waals surface area (Å²) in [5, 5.41) is 7.40. The van der Waals surface area contributed by atoms with Crippen LogP contribution in [0.25, 0.3) is 0 Å². The largest absolute Gasteiger partial charge is 0.379 e. The van der Waals surface area contributed by atoms with E-state index in [1.54, 1.807) is 12.1 Å². The molecule has 0 aliphatic carbocycles. The predicted molar refractivity (Wildman–Crippen MR) is 84.2 cm³/mol. The monoisotopic (exact) mass is 305 g/mol. The van der Waals surface area contributed by atoms with Crippen molar-refractivity contribution < 1.29 is 4.39 Å². The molecule has 1 heterocycles. The minimum absolute atomic E-state index is 0.0988. The van der Waals surface area contributed by atoms with Crippen LogP contribution in [0.3, 0.4) is 0 Å². The summed E-state index contributed by atoms with van der Waals surface area (Å²) in [6.45, 7) is 1.15. The van der Waals surface area contributed by atoms with E-state index in [4.69, 9.17) is 17.3 Å². The van der Waals surface area contributed by atoms with Gasteiger partial charge >= 0.3 is 0 Å². The van der Waals surface area contributed by atoms with Crippen molar-refractivity contribution in [3.63, 3.8) is 0 Å². The number of rotatable bonds is 2. The molecule has 0 saturated carbocycles. The summed E-state index contributed by atoms with van der Waals surface area (Å²) in [7, 11) is 0. The van der Waals surface area contributed by atoms with Crippen LogP contribution in [0.15, 0.2) is 42.5 Å². The Kier molecular flexibility index (Phi) is 4.10. The molecule has 21 heavy (non-hydrogen) atoms. The Morgan fingerprint density at radius 1 is 1.19 bits per heavy atom. The SMILES string of the molecule is NCC1CNC(c2ccccc2F)c2cc(Cl)ccc2N1. The van der Waals surface area contributed by atoms with Crippen LogP contribution in [-0.2, 0) is 0 Å². The van der Waals surface area contributed by atoms with Gasteiger partial charge in [-0.15, -0.1) is 0 Å². The van der Waals surface area contributed by atoms with E-state index >= 15 is 0 Å². The van der Waals surface area contributed by atoms with E-state index in [2.05, 4.69) is 10.6 Å². The van der Waals surface area contributed by atoms with E-state index in [1.807, 2.05) is 24.3 Å². The van der Waals surface area contributed by atoms with Crippen LogP contribution >= 0.6 is 11.6 Å². The van der Waals surface area contributed by atoms with E-state index in [9.17, 15) is 4.39 Å². The van der Waals surface area contributed by atoms with Gasteiger partial charge in [0.1, 0.15) is 5.82 Å². The number of hydrogen-bond donors (Lipinski definition) is 3. The lowest BCUT2D eigenvalue weighted by Crippen LogP contribution is -2.37. The maximum atomic E-state index is 14.2. The highest BCUT2D eigenvalue weighted by molar-refractivity contribution is 6.30. The number of nitrogens with one attached hydrogen (secondary N) is 2. The Bertz CT molecular complexity index is 647. The van der Waals surface area contributed by atoms with E-state index in [0.29, 0.717) is 23.7 Å². The van der Waals surface area contributed by atoms with Gasteiger partial charge in [-0.25, -0.2) is 4.39 Å². The molecule has 0 radical (unpaired) electrons. The summed E-state index contributed by atoms with van der Waals surface area (Å²) < 4.78 is 14.2. The molecule has 1 aliphatic rings. The molecule has 3 nitrogen and oxygen atoms in total. The number of halogens is 2. The maximum absolute atomic E-state index is 14.2. The molecule has 0 amide bonds. The molecule has 5 heteroatoms. The van der Waals surface area contributed by atoms with Crippen molar-refractivity contribution in [1.82, 2.24) is 5.32 Å². The number of anilines is 1. The Labute approximate surface area is 128 Å². The third-order valence-electron chi connectivity index (χ3n) is 3.75. The summed E-state index contributed by atoms with van der Waals surface area (Å²) in [6, 6.07) is 12.3. The van der Waals surface area contributed by atoms with Crippen LogP contribution in [-0.4, -0.2) is 19.1 Å². The zero-order valence-corrected chi connectivity index (χ0v) is 12.2. The van der Waals surface area contributed by atoms with Gasteiger partial charge in [0.2, 0.25) is 0 Å². The molecule has 0 aromatic heterocycles. The van der Waals surface area contributed by atoms with Gasteiger partial charge in [0.25, 0.3) is 0 Å². The minimum atomic E-state index is -0.246. The zero-order chi connectivity index (χ0) is 14.8. The lowest BCUT2D eigenvalue weighted by Gasteiger charge is -2.19. The molecule has 2 unspecified atom stereocenters.